The van der Waals surface area contributed by atoms with Crippen molar-refractivity contribution < 1.29 is 31.1 Å². The molecule has 1 atom stereocenters. The van der Waals surface area contributed by atoms with Gasteiger partial charge in [-0.15, -0.1) is 0 Å². The lowest BCUT2D eigenvalue weighted by atomic mass is 9.96. The summed E-state index contributed by atoms with van der Waals surface area (Å²) in [5.41, 5.74) is 0.907. The van der Waals surface area contributed by atoms with Crippen molar-refractivity contribution in [3.63, 3.8) is 0 Å². The normalized spacial score (nSPS) is 13.7. The Morgan fingerprint density at radius 2 is 1.62 bits per heavy atom. The highest BCUT2D eigenvalue weighted by Crippen LogP contribution is 2.38. The van der Waals surface area contributed by atoms with Crippen molar-refractivity contribution in [3.05, 3.63) is 74.8 Å². The summed E-state index contributed by atoms with van der Waals surface area (Å²) in [7, 11) is 1.18. The van der Waals surface area contributed by atoms with Crippen molar-refractivity contribution in [1.82, 2.24) is 4.90 Å². The van der Waals surface area contributed by atoms with E-state index in [9.17, 15) is 31.1 Å². The second-order valence-corrected chi connectivity index (χ2v) is 8.24. The van der Waals surface area contributed by atoms with Crippen LogP contribution in [0, 0.1) is 6.92 Å². The van der Waals surface area contributed by atoms with Gasteiger partial charge in [0.1, 0.15) is 0 Å². The summed E-state index contributed by atoms with van der Waals surface area (Å²) in [5.74, 6) is -2.48. The number of allylic oxidation sites excluding steroid dienone is 1. The van der Waals surface area contributed by atoms with Gasteiger partial charge in [-0.05, 0) is 48.9 Å². The summed E-state index contributed by atoms with van der Waals surface area (Å²) in [4.78, 5) is 13.2. The van der Waals surface area contributed by atoms with Gasteiger partial charge in [0.25, 0.3) is 0 Å². The highest BCUT2D eigenvalue weighted by Gasteiger charge is 2.39. The SMILES string of the molecule is Cc1cc(/C=C/C(c2cc(Cl)cc(Cl)c2)C(F)(F)F)ccc1C(=O)CN(C)CC(F)(F)F. The first-order chi connectivity index (χ1) is 14.7. The molecule has 0 heterocycles. The van der Waals surface area contributed by atoms with Gasteiger partial charge in [-0.25, -0.2) is 0 Å². The Morgan fingerprint density at radius 3 is 2.12 bits per heavy atom. The number of hydrogen-bond acceptors (Lipinski definition) is 2. The minimum Gasteiger partial charge on any atom is -0.293 e. The third-order valence-corrected chi connectivity index (χ3v) is 4.93. The zero-order valence-electron chi connectivity index (χ0n) is 17.0. The van der Waals surface area contributed by atoms with Crippen LogP contribution in [0.4, 0.5) is 26.3 Å². The lowest BCUT2D eigenvalue weighted by molar-refractivity contribution is -0.142. The monoisotopic (exact) mass is 497 g/mol. The largest absolute Gasteiger partial charge is 0.401 e. The standard InChI is InChI=1S/C22H19Cl2F6NO/c1-13-7-14(3-5-18(13)20(32)11-31(2)12-21(25,26)27)4-6-19(22(28,29)30)15-8-16(23)10-17(24)9-15/h3-10,19H,11-12H2,1-2H3/b6-4+. The molecule has 0 aliphatic rings. The van der Waals surface area contributed by atoms with Crippen LogP contribution in [-0.4, -0.2) is 43.2 Å². The summed E-state index contributed by atoms with van der Waals surface area (Å²) in [6.07, 6.45) is -6.82. The quantitative estimate of drug-likeness (QED) is 0.294. The third kappa shape index (κ3) is 7.83. The number of hydrogen-bond donors (Lipinski definition) is 0. The van der Waals surface area contributed by atoms with E-state index < -0.39 is 37.1 Å². The maximum absolute atomic E-state index is 13.6. The number of halogens is 8. The second-order valence-electron chi connectivity index (χ2n) is 7.37. The summed E-state index contributed by atoms with van der Waals surface area (Å²) in [6.45, 7) is -0.113. The van der Waals surface area contributed by atoms with Crippen molar-refractivity contribution in [2.24, 2.45) is 0 Å². The maximum atomic E-state index is 13.6. The average Bonchev–Trinajstić information content (AvgIpc) is 2.58. The molecule has 1 unspecified atom stereocenters. The number of carbonyl (C=O) groups excluding carboxylic acids is 1. The van der Waals surface area contributed by atoms with Crippen LogP contribution in [0.25, 0.3) is 6.08 Å². The minimum absolute atomic E-state index is 0.0735. The Balaban J connectivity index is 2.23. The second kappa shape index (κ2) is 10.3. The number of benzene rings is 2. The van der Waals surface area contributed by atoms with Crippen molar-refractivity contribution in [1.29, 1.82) is 0 Å². The fourth-order valence-electron chi connectivity index (χ4n) is 3.17. The van der Waals surface area contributed by atoms with Crippen LogP contribution in [-0.2, 0) is 0 Å². The summed E-state index contributed by atoms with van der Waals surface area (Å²) >= 11 is 11.7. The fourth-order valence-corrected chi connectivity index (χ4v) is 3.71. The highest BCUT2D eigenvalue weighted by molar-refractivity contribution is 6.34. The van der Waals surface area contributed by atoms with Crippen LogP contribution in [0.2, 0.25) is 10.0 Å². The van der Waals surface area contributed by atoms with E-state index in [0.717, 1.165) is 11.0 Å². The molecular weight excluding hydrogens is 479 g/mol. The molecule has 2 nitrogen and oxygen atoms in total. The van der Waals surface area contributed by atoms with Crippen molar-refractivity contribution in [3.8, 4) is 0 Å². The Morgan fingerprint density at radius 1 is 1.03 bits per heavy atom. The van der Waals surface area contributed by atoms with Crippen LogP contribution in [0.15, 0.2) is 42.5 Å². The van der Waals surface area contributed by atoms with Gasteiger partial charge in [0.2, 0.25) is 0 Å². The van der Waals surface area contributed by atoms with Gasteiger partial charge in [0, 0.05) is 15.6 Å². The molecule has 2 rings (SSSR count). The average molecular weight is 498 g/mol. The van der Waals surface area contributed by atoms with Gasteiger partial charge in [-0.1, -0.05) is 53.6 Å². The minimum atomic E-state index is -4.60. The number of aryl methyl sites for hydroxylation is 1. The number of rotatable bonds is 7. The van der Waals surface area contributed by atoms with E-state index in [4.69, 9.17) is 23.2 Å². The molecular formula is C22H19Cl2F6NO. The number of Topliss-reactive ketones (excluding diaryl/α,β-unsaturated/α-hetero) is 1. The van der Waals surface area contributed by atoms with Gasteiger partial charge >= 0.3 is 12.4 Å². The molecule has 0 saturated heterocycles. The number of carbonyl (C=O) groups is 1. The topological polar surface area (TPSA) is 20.3 Å². The molecule has 0 N–H and O–H groups in total. The molecule has 2 aromatic rings. The molecule has 2 aromatic carbocycles. The first-order valence-corrected chi connectivity index (χ1v) is 10.0. The van der Waals surface area contributed by atoms with E-state index >= 15 is 0 Å². The molecule has 0 aromatic heterocycles. The highest BCUT2D eigenvalue weighted by atomic mass is 35.5. The van der Waals surface area contributed by atoms with Crippen LogP contribution in [0.3, 0.4) is 0 Å². The summed E-state index contributed by atoms with van der Waals surface area (Å²) in [6, 6.07) is 8.00. The van der Waals surface area contributed by atoms with Gasteiger partial charge in [-0.3, -0.25) is 9.69 Å². The lowest BCUT2D eigenvalue weighted by Gasteiger charge is -2.18. The summed E-state index contributed by atoms with van der Waals surface area (Å²) < 4.78 is 78.1. The van der Waals surface area contributed by atoms with Crippen molar-refractivity contribution in [2.45, 2.75) is 25.2 Å². The first-order valence-electron chi connectivity index (χ1n) is 9.26. The molecule has 32 heavy (non-hydrogen) atoms. The molecule has 0 fully saturated rings. The van der Waals surface area contributed by atoms with E-state index in [0.29, 0.717) is 11.1 Å². The number of ketones is 1. The van der Waals surface area contributed by atoms with Crippen LogP contribution in [0.1, 0.15) is 33.0 Å². The molecule has 174 valence electrons. The van der Waals surface area contributed by atoms with Gasteiger partial charge in [-0.2, -0.15) is 26.3 Å². The first kappa shape index (κ1) is 26.2. The molecule has 0 radical (unpaired) electrons. The Hall–Kier alpha value is -2.03. The summed E-state index contributed by atoms with van der Waals surface area (Å²) in [5, 5.41) is 0.147. The predicted molar refractivity (Wildman–Crippen MR) is 113 cm³/mol. The van der Waals surface area contributed by atoms with E-state index in [1.54, 1.807) is 6.92 Å². The third-order valence-electron chi connectivity index (χ3n) is 4.49. The number of likely N-dealkylation sites (N-methyl/N-ethyl adjacent to an activating group) is 1. The van der Waals surface area contributed by atoms with Crippen molar-refractivity contribution >= 4 is 35.1 Å². The molecule has 0 saturated carbocycles. The van der Waals surface area contributed by atoms with Crippen LogP contribution < -0.4 is 0 Å². The smallest absolute Gasteiger partial charge is 0.293 e. The molecule has 0 aliphatic heterocycles. The van der Waals surface area contributed by atoms with Gasteiger partial charge in [0.15, 0.2) is 5.78 Å². The van der Waals surface area contributed by atoms with E-state index in [1.165, 1.54) is 49.5 Å². The van der Waals surface area contributed by atoms with Gasteiger partial charge < -0.3 is 0 Å². The Labute approximate surface area is 191 Å². The Kier molecular flexibility index (Phi) is 8.42. The zero-order chi connectivity index (χ0) is 24.3. The van der Waals surface area contributed by atoms with Crippen LogP contribution in [0.5, 0.6) is 0 Å². The molecule has 0 spiro atoms. The fraction of sp³-hybridized carbons (Fsp3) is 0.318. The number of nitrogens with zero attached hydrogens (tertiary/aromatic N) is 1. The molecule has 0 bridgehead atoms. The maximum Gasteiger partial charge on any atom is 0.401 e. The molecule has 10 heteroatoms. The van der Waals surface area contributed by atoms with E-state index in [-0.39, 0.29) is 21.2 Å². The lowest BCUT2D eigenvalue weighted by Crippen LogP contribution is -2.35. The van der Waals surface area contributed by atoms with E-state index in [1.807, 2.05) is 0 Å². The predicted octanol–water partition coefficient (Wildman–Crippen LogP) is 7.34. The van der Waals surface area contributed by atoms with Gasteiger partial charge in [0.05, 0.1) is 19.0 Å². The zero-order valence-corrected chi connectivity index (χ0v) is 18.5. The van der Waals surface area contributed by atoms with Crippen LogP contribution >= 0.6 is 23.2 Å². The van der Waals surface area contributed by atoms with E-state index in [2.05, 4.69) is 0 Å². The molecule has 0 amide bonds. The molecule has 0 aliphatic carbocycles. The number of alkyl halides is 6. The van der Waals surface area contributed by atoms with Crippen molar-refractivity contribution in [2.75, 3.05) is 20.1 Å². The Bertz CT molecular complexity index is 981.